The van der Waals surface area contributed by atoms with Gasteiger partial charge in [-0.15, -0.1) is 5.10 Å². The number of anilines is 2. The average molecular weight is 488 g/mol. The van der Waals surface area contributed by atoms with Crippen LogP contribution in [0.3, 0.4) is 0 Å². The van der Waals surface area contributed by atoms with Crippen LogP contribution in [-0.2, 0) is 10.5 Å². The van der Waals surface area contributed by atoms with Crippen molar-refractivity contribution in [2.45, 2.75) is 23.9 Å². The van der Waals surface area contributed by atoms with E-state index >= 15 is 0 Å². The van der Waals surface area contributed by atoms with Crippen LogP contribution in [0.15, 0.2) is 101 Å². The van der Waals surface area contributed by atoms with E-state index in [1.54, 1.807) is 4.68 Å². The van der Waals surface area contributed by atoms with Crippen LogP contribution in [0.25, 0.3) is 0 Å². The summed E-state index contributed by atoms with van der Waals surface area (Å²) in [6, 6.07) is 26.7. The van der Waals surface area contributed by atoms with E-state index in [-0.39, 0.29) is 5.91 Å². The maximum atomic E-state index is 13.4. The zero-order chi connectivity index (χ0) is 23.5. The maximum Gasteiger partial charge on any atom is 0.255 e. The molecule has 1 amide bonds. The number of hydrogen-bond acceptors (Lipinski definition) is 5. The fourth-order valence-corrected chi connectivity index (χ4v) is 4.79. The number of aromatic nitrogens is 3. The van der Waals surface area contributed by atoms with Crippen LogP contribution in [0.1, 0.15) is 24.1 Å². The number of amides is 1. The van der Waals surface area contributed by atoms with Crippen molar-refractivity contribution in [1.29, 1.82) is 0 Å². The Bertz CT molecular complexity index is 1340. The second-order valence-electron chi connectivity index (χ2n) is 7.87. The van der Waals surface area contributed by atoms with Gasteiger partial charge in [-0.1, -0.05) is 84.0 Å². The first-order chi connectivity index (χ1) is 16.6. The molecule has 5 rings (SSSR count). The lowest BCUT2D eigenvalue weighted by Crippen LogP contribution is -2.31. The molecule has 2 heterocycles. The summed E-state index contributed by atoms with van der Waals surface area (Å²) in [6.07, 6.45) is 0. The molecule has 0 saturated heterocycles. The predicted octanol–water partition coefficient (Wildman–Crippen LogP) is 6.15. The standard InChI is InChI=1S/C26H22ClN5OS/c1-17-22(24(33)29-21-10-6-3-7-11-21)23(19-8-4-2-5-9-19)32-25(28-17)30-26(31-32)34-16-18-12-14-20(27)15-13-18/h2-15,23H,16H2,1H3,(H,29,33)(H,28,30,31)/t23-/m1/s1. The molecule has 0 unspecified atom stereocenters. The number of fused-ring (bicyclic) bond motifs is 1. The quantitative estimate of drug-likeness (QED) is 0.319. The molecule has 4 aromatic rings. The molecule has 34 heavy (non-hydrogen) atoms. The maximum absolute atomic E-state index is 13.4. The van der Waals surface area contributed by atoms with E-state index in [0.717, 1.165) is 22.5 Å². The van der Waals surface area contributed by atoms with E-state index in [0.29, 0.717) is 27.5 Å². The van der Waals surface area contributed by atoms with Gasteiger partial charge in [0.05, 0.1) is 5.57 Å². The number of nitrogens with zero attached hydrogens (tertiary/aromatic N) is 3. The minimum Gasteiger partial charge on any atom is -0.328 e. The third-order valence-corrected chi connectivity index (χ3v) is 6.67. The summed E-state index contributed by atoms with van der Waals surface area (Å²) in [7, 11) is 0. The Morgan fingerprint density at radius 1 is 1.03 bits per heavy atom. The van der Waals surface area contributed by atoms with Gasteiger partial charge >= 0.3 is 0 Å². The summed E-state index contributed by atoms with van der Waals surface area (Å²) in [4.78, 5) is 18.1. The highest BCUT2D eigenvalue weighted by atomic mass is 35.5. The number of halogens is 1. The molecule has 1 aromatic heterocycles. The molecular formula is C26H22ClN5OS. The van der Waals surface area contributed by atoms with E-state index in [4.69, 9.17) is 21.7 Å². The predicted molar refractivity (Wildman–Crippen MR) is 137 cm³/mol. The summed E-state index contributed by atoms with van der Waals surface area (Å²) in [5, 5.41) is 12.4. The molecule has 3 aromatic carbocycles. The van der Waals surface area contributed by atoms with E-state index in [2.05, 4.69) is 10.6 Å². The number of hydrogen-bond donors (Lipinski definition) is 2. The smallest absolute Gasteiger partial charge is 0.255 e. The van der Waals surface area contributed by atoms with Crippen molar-refractivity contribution in [3.63, 3.8) is 0 Å². The Kier molecular flexibility index (Phi) is 6.38. The van der Waals surface area contributed by atoms with Gasteiger partial charge in [-0.3, -0.25) is 4.79 Å². The van der Waals surface area contributed by atoms with Crippen LogP contribution >= 0.6 is 23.4 Å². The normalized spacial score (nSPS) is 14.9. The summed E-state index contributed by atoms with van der Waals surface area (Å²) >= 11 is 7.53. The summed E-state index contributed by atoms with van der Waals surface area (Å²) < 4.78 is 1.80. The van der Waals surface area contributed by atoms with Gasteiger partial charge in [0, 0.05) is 22.2 Å². The van der Waals surface area contributed by atoms with Crippen molar-refractivity contribution in [3.8, 4) is 0 Å². The molecule has 1 aliphatic heterocycles. The largest absolute Gasteiger partial charge is 0.328 e. The highest BCUT2D eigenvalue weighted by Gasteiger charge is 2.34. The number of benzene rings is 3. The lowest BCUT2D eigenvalue weighted by Gasteiger charge is -2.28. The lowest BCUT2D eigenvalue weighted by molar-refractivity contribution is -0.113. The van der Waals surface area contributed by atoms with Crippen LogP contribution in [0.2, 0.25) is 5.02 Å². The SMILES string of the molecule is CC1=C(C(=O)Nc2ccccc2)[C@@H](c2ccccc2)n2nc(SCc3ccc(Cl)cc3)nc2N1. The molecule has 6 nitrogen and oxygen atoms in total. The van der Waals surface area contributed by atoms with Crippen molar-refractivity contribution >= 4 is 40.9 Å². The van der Waals surface area contributed by atoms with Gasteiger partial charge in [-0.25, -0.2) is 4.68 Å². The van der Waals surface area contributed by atoms with Crippen LogP contribution in [-0.4, -0.2) is 20.7 Å². The molecule has 170 valence electrons. The molecule has 1 atom stereocenters. The zero-order valence-corrected chi connectivity index (χ0v) is 20.0. The monoisotopic (exact) mass is 487 g/mol. The number of nitrogens with one attached hydrogen (secondary N) is 2. The third-order valence-electron chi connectivity index (χ3n) is 5.51. The Balaban J connectivity index is 1.46. The second-order valence-corrected chi connectivity index (χ2v) is 9.25. The number of thioether (sulfide) groups is 1. The highest BCUT2D eigenvalue weighted by molar-refractivity contribution is 7.98. The van der Waals surface area contributed by atoms with Crippen molar-refractivity contribution in [2.75, 3.05) is 10.6 Å². The second kappa shape index (κ2) is 9.75. The number of para-hydroxylation sites is 1. The zero-order valence-electron chi connectivity index (χ0n) is 18.4. The number of allylic oxidation sites excluding steroid dienone is 1. The lowest BCUT2D eigenvalue weighted by atomic mass is 9.95. The van der Waals surface area contributed by atoms with Gasteiger partial charge in [0.25, 0.3) is 5.91 Å². The van der Waals surface area contributed by atoms with Crippen LogP contribution in [0.4, 0.5) is 11.6 Å². The van der Waals surface area contributed by atoms with Gasteiger partial charge in [0.1, 0.15) is 6.04 Å². The van der Waals surface area contributed by atoms with Gasteiger partial charge in [-0.05, 0) is 42.3 Å². The minimum absolute atomic E-state index is 0.179. The molecule has 0 radical (unpaired) electrons. The summed E-state index contributed by atoms with van der Waals surface area (Å²) in [6.45, 7) is 1.90. The fourth-order valence-electron chi connectivity index (χ4n) is 3.88. The van der Waals surface area contributed by atoms with Gasteiger partial charge < -0.3 is 10.6 Å². The summed E-state index contributed by atoms with van der Waals surface area (Å²) in [5.41, 5.74) is 4.18. The fraction of sp³-hybridized carbons (Fsp3) is 0.115. The Morgan fingerprint density at radius 3 is 2.41 bits per heavy atom. The molecule has 2 N–H and O–H groups in total. The Morgan fingerprint density at radius 2 is 1.71 bits per heavy atom. The number of carbonyl (C=O) groups excluding carboxylic acids is 1. The van der Waals surface area contributed by atoms with Crippen molar-refractivity contribution in [2.24, 2.45) is 0 Å². The molecule has 8 heteroatoms. The van der Waals surface area contributed by atoms with Crippen molar-refractivity contribution in [3.05, 3.63) is 112 Å². The first-order valence-electron chi connectivity index (χ1n) is 10.8. The third kappa shape index (κ3) is 4.71. The van der Waals surface area contributed by atoms with Crippen LogP contribution < -0.4 is 10.6 Å². The Labute approximate surface area is 207 Å². The molecule has 0 bridgehead atoms. The van der Waals surface area contributed by atoms with Gasteiger partial charge in [-0.2, -0.15) is 4.98 Å². The molecule has 1 aliphatic rings. The van der Waals surface area contributed by atoms with Gasteiger partial charge in [0.15, 0.2) is 0 Å². The minimum atomic E-state index is -0.404. The van der Waals surface area contributed by atoms with E-state index in [9.17, 15) is 4.79 Å². The first kappa shape index (κ1) is 22.3. The van der Waals surface area contributed by atoms with Crippen LogP contribution in [0, 0.1) is 0 Å². The first-order valence-corrected chi connectivity index (χ1v) is 12.2. The molecular weight excluding hydrogens is 466 g/mol. The highest BCUT2D eigenvalue weighted by Crippen LogP contribution is 2.37. The topological polar surface area (TPSA) is 71.8 Å². The van der Waals surface area contributed by atoms with Crippen molar-refractivity contribution in [1.82, 2.24) is 14.8 Å². The number of rotatable bonds is 6. The number of carbonyl (C=O) groups is 1. The average Bonchev–Trinajstić information content (AvgIpc) is 3.26. The van der Waals surface area contributed by atoms with E-state index < -0.39 is 6.04 Å². The Hall–Kier alpha value is -3.55. The van der Waals surface area contributed by atoms with Crippen LogP contribution in [0.5, 0.6) is 0 Å². The summed E-state index contributed by atoms with van der Waals surface area (Å²) in [5.74, 6) is 1.15. The molecule has 0 fully saturated rings. The van der Waals surface area contributed by atoms with E-state index in [1.165, 1.54) is 11.8 Å². The molecule has 0 aliphatic carbocycles. The molecule has 0 saturated carbocycles. The van der Waals surface area contributed by atoms with Crippen molar-refractivity contribution < 1.29 is 4.79 Å². The molecule has 0 spiro atoms. The van der Waals surface area contributed by atoms with E-state index in [1.807, 2.05) is 91.9 Å². The van der Waals surface area contributed by atoms with Gasteiger partial charge in [0.2, 0.25) is 11.1 Å².